The maximum atomic E-state index is 12.7. The zero-order chi connectivity index (χ0) is 18.6. The van der Waals surface area contributed by atoms with Gasteiger partial charge in [0.05, 0.1) is 11.6 Å². The predicted molar refractivity (Wildman–Crippen MR) is 106 cm³/mol. The van der Waals surface area contributed by atoms with E-state index < -0.39 is 0 Å². The summed E-state index contributed by atoms with van der Waals surface area (Å²) in [7, 11) is 0. The number of hydrogen-bond acceptors (Lipinski definition) is 4. The third-order valence-electron chi connectivity index (χ3n) is 5.30. The molecule has 0 radical (unpaired) electrons. The van der Waals surface area contributed by atoms with Crippen molar-refractivity contribution in [2.75, 3.05) is 19.6 Å². The van der Waals surface area contributed by atoms with Crippen LogP contribution in [0.2, 0.25) is 0 Å². The van der Waals surface area contributed by atoms with Crippen molar-refractivity contribution in [2.24, 2.45) is 0 Å². The van der Waals surface area contributed by atoms with Crippen LogP contribution in [0.15, 0.2) is 48.5 Å². The molecule has 140 valence electrons. The van der Waals surface area contributed by atoms with Gasteiger partial charge < -0.3 is 5.32 Å². The molecule has 2 aromatic carbocycles. The van der Waals surface area contributed by atoms with Gasteiger partial charge in [0.2, 0.25) is 0 Å². The molecule has 1 aliphatic heterocycles. The van der Waals surface area contributed by atoms with Crippen molar-refractivity contribution in [3.05, 3.63) is 59.7 Å². The van der Waals surface area contributed by atoms with Gasteiger partial charge in [-0.05, 0) is 56.6 Å². The van der Waals surface area contributed by atoms with Crippen LogP contribution in [0.5, 0.6) is 0 Å². The number of carbonyl (C=O) groups excluding carboxylic acids is 1. The molecule has 1 saturated heterocycles. The quantitative estimate of drug-likeness (QED) is 0.731. The van der Waals surface area contributed by atoms with Gasteiger partial charge in [0.15, 0.2) is 0 Å². The Morgan fingerprint density at radius 3 is 2.67 bits per heavy atom. The van der Waals surface area contributed by atoms with E-state index in [4.69, 9.17) is 0 Å². The van der Waals surface area contributed by atoms with E-state index in [0.717, 1.165) is 30.7 Å². The zero-order valence-corrected chi connectivity index (χ0v) is 15.6. The number of fused-ring (bicyclic) bond motifs is 1. The van der Waals surface area contributed by atoms with Gasteiger partial charge >= 0.3 is 0 Å². The van der Waals surface area contributed by atoms with Gasteiger partial charge in [-0.15, -0.1) is 5.10 Å². The largest absolute Gasteiger partial charge is 0.350 e. The molecule has 1 fully saturated rings. The van der Waals surface area contributed by atoms with E-state index in [2.05, 4.69) is 44.8 Å². The molecule has 0 bridgehead atoms. The van der Waals surface area contributed by atoms with Crippen molar-refractivity contribution in [2.45, 2.75) is 32.4 Å². The van der Waals surface area contributed by atoms with Crippen molar-refractivity contribution in [1.82, 2.24) is 25.2 Å². The van der Waals surface area contributed by atoms with E-state index in [1.165, 1.54) is 18.4 Å². The average molecular weight is 363 g/mol. The lowest BCUT2D eigenvalue weighted by Gasteiger charge is -2.28. The Hall–Kier alpha value is -2.73. The molecule has 0 spiro atoms. The minimum Gasteiger partial charge on any atom is -0.350 e. The lowest BCUT2D eigenvalue weighted by Crippen LogP contribution is -2.36. The number of carbonyl (C=O) groups is 1. The summed E-state index contributed by atoms with van der Waals surface area (Å²) >= 11 is 0. The first kappa shape index (κ1) is 17.7. The maximum Gasteiger partial charge on any atom is 0.251 e. The highest BCUT2D eigenvalue weighted by Crippen LogP contribution is 2.24. The number of aryl methyl sites for hydroxylation is 1. The summed E-state index contributed by atoms with van der Waals surface area (Å²) in [6, 6.07) is 16.2. The molecule has 1 aliphatic rings. The Balaban J connectivity index is 1.49. The lowest BCUT2D eigenvalue weighted by molar-refractivity contribution is 0.0938. The minimum absolute atomic E-state index is 0.0666. The van der Waals surface area contributed by atoms with Crippen LogP contribution in [0.25, 0.3) is 11.0 Å². The van der Waals surface area contributed by atoms with Gasteiger partial charge in [0.25, 0.3) is 5.91 Å². The van der Waals surface area contributed by atoms with Gasteiger partial charge in [-0.1, -0.05) is 35.5 Å². The molecule has 27 heavy (non-hydrogen) atoms. The number of nitrogens with one attached hydrogen (secondary N) is 1. The highest BCUT2D eigenvalue weighted by molar-refractivity contribution is 5.97. The van der Waals surface area contributed by atoms with Crippen LogP contribution in [-0.4, -0.2) is 45.4 Å². The summed E-state index contributed by atoms with van der Waals surface area (Å²) in [4.78, 5) is 15.2. The van der Waals surface area contributed by atoms with E-state index in [9.17, 15) is 4.79 Å². The molecule has 1 atom stereocenters. The predicted octanol–water partition coefficient (Wildman–Crippen LogP) is 3.02. The monoisotopic (exact) mass is 363 g/mol. The Labute approximate surface area is 159 Å². The maximum absolute atomic E-state index is 12.7. The molecule has 0 aliphatic carbocycles. The SMILES string of the molecule is CCn1nnc2cc(C(=O)NCC(c3ccccc3)N3CCCC3)ccc21. The van der Waals surface area contributed by atoms with Gasteiger partial charge in [-0.3, -0.25) is 9.69 Å². The smallest absolute Gasteiger partial charge is 0.251 e. The molecule has 1 unspecified atom stereocenters. The second kappa shape index (κ2) is 7.88. The Morgan fingerprint density at radius 2 is 1.93 bits per heavy atom. The first-order valence-corrected chi connectivity index (χ1v) is 9.66. The molecule has 2 heterocycles. The van der Waals surface area contributed by atoms with E-state index in [-0.39, 0.29) is 11.9 Å². The van der Waals surface area contributed by atoms with Crippen molar-refractivity contribution >= 4 is 16.9 Å². The van der Waals surface area contributed by atoms with Gasteiger partial charge in [0, 0.05) is 18.7 Å². The number of rotatable bonds is 6. The first-order chi connectivity index (χ1) is 13.3. The highest BCUT2D eigenvalue weighted by Gasteiger charge is 2.24. The molecule has 6 heteroatoms. The van der Waals surface area contributed by atoms with Gasteiger partial charge in [0.1, 0.15) is 5.52 Å². The van der Waals surface area contributed by atoms with E-state index in [0.29, 0.717) is 12.1 Å². The number of amides is 1. The molecule has 0 saturated carbocycles. The van der Waals surface area contributed by atoms with Crippen molar-refractivity contribution in [3.8, 4) is 0 Å². The Kier molecular flexibility index (Phi) is 5.16. The van der Waals surface area contributed by atoms with Crippen LogP contribution in [-0.2, 0) is 6.54 Å². The van der Waals surface area contributed by atoms with Crippen molar-refractivity contribution < 1.29 is 4.79 Å². The molecule has 1 N–H and O–H groups in total. The Bertz CT molecular complexity index is 915. The summed E-state index contributed by atoms with van der Waals surface area (Å²) in [5.74, 6) is -0.0666. The normalized spacial score (nSPS) is 15.9. The summed E-state index contributed by atoms with van der Waals surface area (Å²) in [6.07, 6.45) is 2.45. The second-order valence-electron chi connectivity index (χ2n) is 6.99. The number of hydrogen-bond donors (Lipinski definition) is 1. The van der Waals surface area contributed by atoms with Crippen LogP contribution in [0, 0.1) is 0 Å². The lowest BCUT2D eigenvalue weighted by atomic mass is 10.1. The van der Waals surface area contributed by atoms with Crippen LogP contribution >= 0.6 is 0 Å². The number of likely N-dealkylation sites (tertiary alicyclic amines) is 1. The van der Waals surface area contributed by atoms with Crippen LogP contribution in [0.4, 0.5) is 0 Å². The number of nitrogens with zero attached hydrogens (tertiary/aromatic N) is 4. The van der Waals surface area contributed by atoms with Crippen LogP contribution in [0.1, 0.15) is 41.7 Å². The molecular weight excluding hydrogens is 338 g/mol. The number of benzene rings is 2. The molecular formula is C21H25N5O. The van der Waals surface area contributed by atoms with Crippen molar-refractivity contribution in [3.63, 3.8) is 0 Å². The van der Waals surface area contributed by atoms with Crippen LogP contribution < -0.4 is 5.32 Å². The van der Waals surface area contributed by atoms with E-state index in [1.807, 2.05) is 35.9 Å². The first-order valence-electron chi connectivity index (χ1n) is 9.66. The average Bonchev–Trinajstić information content (AvgIpc) is 3.38. The van der Waals surface area contributed by atoms with Gasteiger partial charge in [-0.2, -0.15) is 0 Å². The second-order valence-corrected chi connectivity index (χ2v) is 6.99. The standard InChI is InChI=1S/C21H25N5O/c1-2-26-19-11-10-17(14-18(19)23-24-26)21(27)22-15-20(25-12-6-7-13-25)16-8-4-3-5-9-16/h3-5,8-11,14,20H,2,6-7,12-13,15H2,1H3,(H,22,27). The summed E-state index contributed by atoms with van der Waals surface area (Å²) in [5, 5.41) is 11.4. The molecule has 1 aromatic heterocycles. The fourth-order valence-corrected chi connectivity index (χ4v) is 3.82. The summed E-state index contributed by atoms with van der Waals surface area (Å²) in [6.45, 7) is 5.55. The topological polar surface area (TPSA) is 63.1 Å². The molecule has 1 amide bonds. The summed E-state index contributed by atoms with van der Waals surface area (Å²) < 4.78 is 1.83. The van der Waals surface area contributed by atoms with E-state index >= 15 is 0 Å². The van der Waals surface area contributed by atoms with Crippen molar-refractivity contribution in [1.29, 1.82) is 0 Å². The van der Waals surface area contributed by atoms with Gasteiger partial charge in [-0.25, -0.2) is 4.68 Å². The fourth-order valence-electron chi connectivity index (χ4n) is 3.82. The van der Waals surface area contributed by atoms with E-state index in [1.54, 1.807) is 0 Å². The summed E-state index contributed by atoms with van der Waals surface area (Å²) in [5.41, 5.74) is 3.58. The van der Waals surface area contributed by atoms with Crippen LogP contribution in [0.3, 0.4) is 0 Å². The molecule has 4 rings (SSSR count). The highest BCUT2D eigenvalue weighted by atomic mass is 16.1. The Morgan fingerprint density at radius 1 is 1.15 bits per heavy atom. The number of aromatic nitrogens is 3. The third kappa shape index (κ3) is 3.71. The molecule has 6 nitrogen and oxygen atoms in total. The third-order valence-corrected chi connectivity index (χ3v) is 5.30. The zero-order valence-electron chi connectivity index (χ0n) is 15.6. The molecule has 3 aromatic rings. The minimum atomic E-state index is -0.0666. The fraction of sp³-hybridized carbons (Fsp3) is 0.381.